The summed E-state index contributed by atoms with van der Waals surface area (Å²) >= 11 is 0. The van der Waals surface area contributed by atoms with E-state index in [9.17, 15) is 4.79 Å². The van der Waals surface area contributed by atoms with E-state index >= 15 is 0 Å². The number of amides is 2. The van der Waals surface area contributed by atoms with Crippen molar-refractivity contribution in [2.45, 2.75) is 51.1 Å². The number of benzene rings is 1. The number of nitrogens with two attached hydrogens (primary N) is 1. The van der Waals surface area contributed by atoms with Crippen molar-refractivity contribution in [3.05, 3.63) is 29.8 Å². The minimum atomic E-state index is 0.00632. The summed E-state index contributed by atoms with van der Waals surface area (Å²) in [6.45, 7) is 2.02. The summed E-state index contributed by atoms with van der Waals surface area (Å²) in [5.74, 6) is 0. The molecule has 1 aromatic rings. The molecule has 0 radical (unpaired) electrons. The van der Waals surface area contributed by atoms with E-state index in [4.69, 9.17) is 5.73 Å². The second-order valence-corrected chi connectivity index (χ2v) is 5.74. The van der Waals surface area contributed by atoms with Crippen LogP contribution in [0.1, 0.15) is 50.6 Å². The van der Waals surface area contributed by atoms with Crippen LogP contribution in [0.25, 0.3) is 0 Å². The third kappa shape index (κ3) is 3.65. The highest BCUT2D eigenvalue weighted by molar-refractivity contribution is 5.74. The molecule has 4 heteroatoms. The van der Waals surface area contributed by atoms with Crippen LogP contribution in [0.2, 0.25) is 0 Å². The molecule has 0 saturated heterocycles. The number of rotatable bonds is 3. The Labute approximate surface area is 121 Å². The first-order valence-corrected chi connectivity index (χ1v) is 7.46. The Hall–Kier alpha value is -1.71. The lowest BCUT2D eigenvalue weighted by Gasteiger charge is -2.30. The Morgan fingerprint density at radius 2 is 2.05 bits per heavy atom. The van der Waals surface area contributed by atoms with Crippen molar-refractivity contribution < 1.29 is 4.79 Å². The van der Waals surface area contributed by atoms with E-state index < -0.39 is 0 Å². The molecule has 0 spiro atoms. The minimum absolute atomic E-state index is 0.00632. The zero-order valence-electron chi connectivity index (χ0n) is 12.4. The van der Waals surface area contributed by atoms with Crippen molar-refractivity contribution in [2.75, 3.05) is 12.8 Å². The van der Waals surface area contributed by atoms with Crippen molar-refractivity contribution in [1.82, 2.24) is 10.2 Å². The van der Waals surface area contributed by atoms with Crippen LogP contribution in [-0.2, 0) is 0 Å². The molecule has 1 aliphatic carbocycles. The lowest BCUT2D eigenvalue weighted by atomic mass is 9.96. The molecule has 3 N–H and O–H groups in total. The van der Waals surface area contributed by atoms with Gasteiger partial charge in [0.15, 0.2) is 0 Å². The Morgan fingerprint density at radius 1 is 1.35 bits per heavy atom. The maximum atomic E-state index is 12.3. The van der Waals surface area contributed by atoms with E-state index in [1.165, 1.54) is 19.3 Å². The van der Waals surface area contributed by atoms with Gasteiger partial charge in [-0.2, -0.15) is 0 Å². The summed E-state index contributed by atoms with van der Waals surface area (Å²) in [6, 6.07) is 8.08. The number of nitrogens with zero attached hydrogens (tertiary/aromatic N) is 1. The zero-order chi connectivity index (χ0) is 14.5. The van der Waals surface area contributed by atoms with Crippen LogP contribution in [-0.4, -0.2) is 24.0 Å². The van der Waals surface area contributed by atoms with Gasteiger partial charge in [0.1, 0.15) is 0 Å². The molecular formula is C16H25N3O. The van der Waals surface area contributed by atoms with Crippen molar-refractivity contribution in [2.24, 2.45) is 0 Å². The second-order valence-electron chi connectivity index (χ2n) is 5.74. The molecule has 1 fully saturated rings. The smallest absolute Gasteiger partial charge is 0.317 e. The number of carbonyl (C=O) groups excluding carboxylic acids is 1. The fraction of sp³-hybridized carbons (Fsp3) is 0.562. The summed E-state index contributed by atoms with van der Waals surface area (Å²) in [5, 5.41) is 3.14. The Bertz CT molecular complexity index is 455. The van der Waals surface area contributed by atoms with Crippen molar-refractivity contribution in [1.29, 1.82) is 0 Å². The summed E-state index contributed by atoms with van der Waals surface area (Å²) in [5.41, 5.74) is 7.60. The molecule has 1 aliphatic rings. The topological polar surface area (TPSA) is 58.4 Å². The van der Waals surface area contributed by atoms with Gasteiger partial charge in [0, 0.05) is 18.8 Å². The second kappa shape index (κ2) is 6.64. The number of nitrogen functional groups attached to an aromatic ring is 1. The van der Waals surface area contributed by atoms with E-state index in [1.807, 2.05) is 38.2 Å². The maximum absolute atomic E-state index is 12.3. The van der Waals surface area contributed by atoms with Gasteiger partial charge in [-0.15, -0.1) is 0 Å². The molecule has 2 amide bonds. The van der Waals surface area contributed by atoms with Crippen LogP contribution in [0.5, 0.6) is 0 Å². The fourth-order valence-corrected chi connectivity index (χ4v) is 2.74. The van der Waals surface area contributed by atoms with Gasteiger partial charge in [0.05, 0.1) is 6.04 Å². The van der Waals surface area contributed by atoms with E-state index in [1.54, 1.807) is 4.90 Å². The number of anilines is 1. The molecule has 2 rings (SSSR count). The summed E-state index contributed by atoms with van der Waals surface area (Å²) in [6.07, 6.45) is 5.94. The van der Waals surface area contributed by atoms with E-state index in [0.29, 0.717) is 6.04 Å². The zero-order valence-corrected chi connectivity index (χ0v) is 12.4. The van der Waals surface area contributed by atoms with Gasteiger partial charge in [-0.3, -0.25) is 0 Å². The summed E-state index contributed by atoms with van der Waals surface area (Å²) < 4.78 is 0. The molecule has 0 bridgehead atoms. The lowest BCUT2D eigenvalue weighted by Crippen LogP contribution is -2.44. The number of carbonyl (C=O) groups is 1. The highest BCUT2D eigenvalue weighted by Crippen LogP contribution is 2.22. The van der Waals surface area contributed by atoms with Gasteiger partial charge < -0.3 is 16.0 Å². The fourth-order valence-electron chi connectivity index (χ4n) is 2.74. The van der Waals surface area contributed by atoms with E-state index in [0.717, 1.165) is 24.1 Å². The minimum Gasteiger partial charge on any atom is -0.399 e. The average Bonchev–Trinajstić information content (AvgIpc) is 2.46. The Kier molecular flexibility index (Phi) is 4.88. The van der Waals surface area contributed by atoms with Gasteiger partial charge in [-0.1, -0.05) is 31.4 Å². The maximum Gasteiger partial charge on any atom is 0.317 e. The van der Waals surface area contributed by atoms with Gasteiger partial charge in [0.2, 0.25) is 0 Å². The first-order chi connectivity index (χ1) is 9.58. The van der Waals surface area contributed by atoms with Gasteiger partial charge in [0.25, 0.3) is 0 Å². The van der Waals surface area contributed by atoms with Crippen LogP contribution >= 0.6 is 0 Å². The van der Waals surface area contributed by atoms with E-state index in [2.05, 4.69) is 5.32 Å². The standard InChI is InChI=1S/C16H25N3O/c1-12(13-7-6-8-14(17)11-13)19(2)16(20)18-15-9-4-3-5-10-15/h6-8,11-12,15H,3-5,9-10,17H2,1-2H3,(H,18,20). The average molecular weight is 275 g/mol. The molecule has 20 heavy (non-hydrogen) atoms. The van der Waals surface area contributed by atoms with Crippen LogP contribution in [0, 0.1) is 0 Å². The molecule has 1 unspecified atom stereocenters. The van der Waals surface area contributed by atoms with Crippen molar-refractivity contribution >= 4 is 11.7 Å². The van der Waals surface area contributed by atoms with Crippen LogP contribution < -0.4 is 11.1 Å². The highest BCUT2D eigenvalue weighted by Gasteiger charge is 2.21. The predicted molar refractivity (Wildman–Crippen MR) is 82.4 cm³/mol. The molecule has 0 heterocycles. The van der Waals surface area contributed by atoms with Crippen LogP contribution in [0.15, 0.2) is 24.3 Å². The predicted octanol–water partition coefficient (Wildman–Crippen LogP) is 3.30. The molecule has 0 aliphatic heterocycles. The summed E-state index contributed by atoms with van der Waals surface area (Å²) in [4.78, 5) is 14.0. The first kappa shape index (κ1) is 14.7. The molecule has 1 atom stereocenters. The van der Waals surface area contributed by atoms with Gasteiger partial charge in [-0.25, -0.2) is 4.79 Å². The summed E-state index contributed by atoms with van der Waals surface area (Å²) in [7, 11) is 1.84. The van der Waals surface area contributed by atoms with Gasteiger partial charge >= 0.3 is 6.03 Å². The quantitative estimate of drug-likeness (QED) is 0.831. The molecule has 4 nitrogen and oxygen atoms in total. The Balaban J connectivity index is 1.95. The molecular weight excluding hydrogens is 250 g/mol. The monoisotopic (exact) mass is 275 g/mol. The largest absolute Gasteiger partial charge is 0.399 e. The lowest BCUT2D eigenvalue weighted by molar-refractivity contribution is 0.186. The first-order valence-electron chi connectivity index (χ1n) is 7.46. The Morgan fingerprint density at radius 3 is 2.70 bits per heavy atom. The SMILES string of the molecule is CC(c1cccc(N)c1)N(C)C(=O)NC1CCCCC1. The number of nitrogens with one attached hydrogen (secondary N) is 1. The molecule has 0 aromatic heterocycles. The van der Waals surface area contributed by atoms with Gasteiger partial charge in [-0.05, 0) is 37.5 Å². The van der Waals surface area contributed by atoms with E-state index in [-0.39, 0.29) is 12.1 Å². The number of urea groups is 1. The third-order valence-electron chi connectivity index (χ3n) is 4.23. The van der Waals surface area contributed by atoms with Crippen molar-refractivity contribution in [3.63, 3.8) is 0 Å². The highest BCUT2D eigenvalue weighted by atomic mass is 16.2. The molecule has 110 valence electrons. The normalized spacial score (nSPS) is 17.5. The molecule has 1 saturated carbocycles. The van der Waals surface area contributed by atoms with Crippen LogP contribution in [0.4, 0.5) is 10.5 Å². The number of hydrogen-bond acceptors (Lipinski definition) is 2. The van der Waals surface area contributed by atoms with Crippen molar-refractivity contribution in [3.8, 4) is 0 Å². The molecule has 1 aromatic carbocycles. The number of hydrogen-bond donors (Lipinski definition) is 2. The van der Waals surface area contributed by atoms with Crippen LogP contribution in [0.3, 0.4) is 0 Å². The third-order valence-corrected chi connectivity index (χ3v) is 4.23.